The van der Waals surface area contributed by atoms with Gasteiger partial charge in [0.2, 0.25) is 0 Å². The van der Waals surface area contributed by atoms with Crippen LogP contribution in [0.3, 0.4) is 0 Å². The lowest BCUT2D eigenvalue weighted by molar-refractivity contribution is -0.151. The van der Waals surface area contributed by atoms with Gasteiger partial charge in [0.05, 0.1) is 18.6 Å². The van der Waals surface area contributed by atoms with Crippen LogP contribution in [0, 0.1) is 5.92 Å². The van der Waals surface area contributed by atoms with Crippen molar-refractivity contribution in [2.24, 2.45) is 5.92 Å². The minimum Gasteiger partial charge on any atom is -0.466 e. The maximum absolute atomic E-state index is 12.3. The van der Waals surface area contributed by atoms with Crippen molar-refractivity contribution >= 4 is 29.3 Å². The van der Waals surface area contributed by atoms with Crippen molar-refractivity contribution in [2.75, 3.05) is 12.4 Å². The summed E-state index contributed by atoms with van der Waals surface area (Å²) in [5, 5.41) is 11.1. The standard InChI is InChI=1S/C18H19ClO3S/c1-2-22-18(21)15(12-23-13-8-4-3-5-9-13)17(20)14-10-6-7-11-16(14)19/h3-11,15,17,20H,2,12H2,1H3/t15-,17+/m0/s1. The van der Waals surface area contributed by atoms with Crippen LogP contribution in [0.1, 0.15) is 18.6 Å². The predicted octanol–water partition coefficient (Wildman–Crippen LogP) is 4.35. The van der Waals surface area contributed by atoms with Crippen LogP contribution < -0.4 is 0 Å². The fourth-order valence-electron chi connectivity index (χ4n) is 2.17. The molecule has 0 saturated heterocycles. The summed E-state index contributed by atoms with van der Waals surface area (Å²) in [6.07, 6.45) is -1.00. The molecule has 3 nitrogen and oxygen atoms in total. The van der Waals surface area contributed by atoms with E-state index in [1.54, 1.807) is 31.2 Å². The molecule has 0 amide bonds. The summed E-state index contributed by atoms with van der Waals surface area (Å²) < 4.78 is 5.12. The lowest BCUT2D eigenvalue weighted by Crippen LogP contribution is -2.27. The topological polar surface area (TPSA) is 46.5 Å². The first-order valence-corrected chi connectivity index (χ1v) is 8.76. The molecular formula is C18H19ClO3S. The first kappa shape index (κ1) is 17.9. The van der Waals surface area contributed by atoms with Gasteiger partial charge in [0.1, 0.15) is 0 Å². The van der Waals surface area contributed by atoms with E-state index in [2.05, 4.69) is 0 Å². The first-order chi connectivity index (χ1) is 11.1. The normalized spacial score (nSPS) is 13.3. The Kier molecular flexibility index (Phi) is 6.96. The molecule has 0 unspecified atom stereocenters. The van der Waals surface area contributed by atoms with E-state index in [-0.39, 0.29) is 6.61 Å². The Morgan fingerprint density at radius 1 is 1.17 bits per heavy atom. The highest BCUT2D eigenvalue weighted by molar-refractivity contribution is 7.99. The number of benzene rings is 2. The molecule has 0 aromatic heterocycles. The van der Waals surface area contributed by atoms with Gasteiger partial charge in [-0.1, -0.05) is 48.0 Å². The highest BCUT2D eigenvalue weighted by atomic mass is 35.5. The van der Waals surface area contributed by atoms with Crippen LogP contribution in [0.4, 0.5) is 0 Å². The molecule has 0 aliphatic carbocycles. The zero-order valence-electron chi connectivity index (χ0n) is 12.8. The van der Waals surface area contributed by atoms with Gasteiger partial charge in [0, 0.05) is 15.7 Å². The number of rotatable bonds is 7. The molecule has 0 aliphatic rings. The molecule has 23 heavy (non-hydrogen) atoms. The van der Waals surface area contributed by atoms with E-state index in [1.807, 2.05) is 30.3 Å². The molecule has 2 rings (SSSR count). The number of hydrogen-bond donors (Lipinski definition) is 1. The maximum atomic E-state index is 12.3. The average molecular weight is 351 g/mol. The van der Waals surface area contributed by atoms with Crippen LogP contribution in [-0.2, 0) is 9.53 Å². The molecule has 2 aromatic rings. The van der Waals surface area contributed by atoms with Crippen molar-refractivity contribution in [3.05, 3.63) is 65.2 Å². The lowest BCUT2D eigenvalue weighted by Gasteiger charge is -2.22. The smallest absolute Gasteiger partial charge is 0.312 e. The fourth-order valence-corrected chi connectivity index (χ4v) is 3.46. The average Bonchev–Trinajstić information content (AvgIpc) is 2.56. The van der Waals surface area contributed by atoms with Crippen molar-refractivity contribution in [1.82, 2.24) is 0 Å². The Morgan fingerprint density at radius 2 is 1.83 bits per heavy atom. The van der Waals surface area contributed by atoms with Gasteiger partial charge in [-0.2, -0.15) is 0 Å². The maximum Gasteiger partial charge on any atom is 0.312 e. The largest absolute Gasteiger partial charge is 0.466 e. The van der Waals surface area contributed by atoms with E-state index in [0.29, 0.717) is 16.3 Å². The van der Waals surface area contributed by atoms with E-state index in [4.69, 9.17) is 16.3 Å². The molecule has 5 heteroatoms. The van der Waals surface area contributed by atoms with E-state index in [1.165, 1.54) is 11.8 Å². The van der Waals surface area contributed by atoms with Crippen LogP contribution in [0.25, 0.3) is 0 Å². The van der Waals surface area contributed by atoms with Crippen molar-refractivity contribution < 1.29 is 14.6 Å². The number of carbonyl (C=O) groups is 1. The number of hydrogen-bond acceptors (Lipinski definition) is 4. The van der Waals surface area contributed by atoms with E-state index in [9.17, 15) is 9.90 Å². The van der Waals surface area contributed by atoms with Crippen molar-refractivity contribution in [3.63, 3.8) is 0 Å². The Morgan fingerprint density at radius 3 is 2.48 bits per heavy atom. The van der Waals surface area contributed by atoms with Crippen molar-refractivity contribution in [2.45, 2.75) is 17.9 Å². The van der Waals surface area contributed by atoms with E-state index >= 15 is 0 Å². The van der Waals surface area contributed by atoms with E-state index < -0.39 is 18.0 Å². The van der Waals surface area contributed by atoms with Crippen LogP contribution in [-0.4, -0.2) is 23.4 Å². The molecule has 0 spiro atoms. The van der Waals surface area contributed by atoms with Gasteiger partial charge in [0.25, 0.3) is 0 Å². The van der Waals surface area contributed by atoms with E-state index in [0.717, 1.165) is 4.90 Å². The monoisotopic (exact) mass is 350 g/mol. The molecule has 2 atom stereocenters. The lowest BCUT2D eigenvalue weighted by atomic mass is 9.97. The van der Waals surface area contributed by atoms with Crippen LogP contribution >= 0.6 is 23.4 Å². The number of carbonyl (C=O) groups excluding carboxylic acids is 1. The predicted molar refractivity (Wildman–Crippen MR) is 93.7 cm³/mol. The quantitative estimate of drug-likeness (QED) is 0.596. The van der Waals surface area contributed by atoms with Gasteiger partial charge >= 0.3 is 5.97 Å². The summed E-state index contributed by atoms with van der Waals surface area (Å²) in [4.78, 5) is 13.3. The zero-order chi connectivity index (χ0) is 16.7. The third-order valence-electron chi connectivity index (χ3n) is 3.37. The molecule has 0 aliphatic heterocycles. The highest BCUT2D eigenvalue weighted by Gasteiger charge is 2.30. The number of aliphatic hydroxyl groups is 1. The SMILES string of the molecule is CCOC(=O)[C@@H](CSc1ccccc1)[C@H](O)c1ccccc1Cl. The molecular weight excluding hydrogens is 332 g/mol. The Balaban J connectivity index is 2.16. The van der Waals surface area contributed by atoms with Gasteiger partial charge in [-0.15, -0.1) is 11.8 Å². The molecule has 0 bridgehead atoms. The summed E-state index contributed by atoms with van der Waals surface area (Å²) in [5.41, 5.74) is 0.542. The third-order valence-corrected chi connectivity index (χ3v) is 4.84. The molecule has 122 valence electrons. The Bertz CT molecular complexity index is 633. The number of thioether (sulfide) groups is 1. The van der Waals surface area contributed by atoms with Crippen molar-refractivity contribution in [1.29, 1.82) is 0 Å². The molecule has 0 fully saturated rings. The van der Waals surface area contributed by atoms with Gasteiger partial charge in [-0.25, -0.2) is 0 Å². The summed E-state index contributed by atoms with van der Waals surface area (Å²) in [6, 6.07) is 16.8. The summed E-state index contributed by atoms with van der Waals surface area (Å²) in [5.74, 6) is -0.682. The van der Waals surface area contributed by atoms with Gasteiger partial charge in [-0.3, -0.25) is 4.79 Å². The Labute approximate surface area is 145 Å². The molecule has 1 N–H and O–H groups in total. The second-order valence-electron chi connectivity index (χ2n) is 4.95. The second kappa shape index (κ2) is 8.96. The Hall–Kier alpha value is -1.49. The first-order valence-electron chi connectivity index (χ1n) is 7.40. The molecule has 0 heterocycles. The number of esters is 1. The van der Waals surface area contributed by atoms with Crippen molar-refractivity contribution in [3.8, 4) is 0 Å². The minimum absolute atomic E-state index is 0.278. The third kappa shape index (κ3) is 4.99. The molecule has 0 radical (unpaired) electrons. The summed E-state index contributed by atoms with van der Waals surface area (Å²) in [7, 11) is 0. The number of ether oxygens (including phenoxy) is 1. The summed E-state index contributed by atoms with van der Waals surface area (Å²) >= 11 is 7.65. The zero-order valence-corrected chi connectivity index (χ0v) is 14.4. The van der Waals surface area contributed by atoms with Crippen LogP contribution in [0.2, 0.25) is 5.02 Å². The number of aliphatic hydroxyl groups excluding tert-OH is 1. The fraction of sp³-hybridized carbons (Fsp3) is 0.278. The summed E-state index contributed by atoms with van der Waals surface area (Å²) in [6.45, 7) is 2.03. The highest BCUT2D eigenvalue weighted by Crippen LogP contribution is 2.32. The molecule has 2 aromatic carbocycles. The van der Waals surface area contributed by atoms with Gasteiger partial charge < -0.3 is 9.84 Å². The van der Waals surface area contributed by atoms with Crippen LogP contribution in [0.5, 0.6) is 0 Å². The molecule has 0 saturated carbocycles. The van der Waals surface area contributed by atoms with Gasteiger partial charge in [0.15, 0.2) is 0 Å². The number of halogens is 1. The van der Waals surface area contributed by atoms with Crippen LogP contribution in [0.15, 0.2) is 59.5 Å². The minimum atomic E-state index is -1.00. The van der Waals surface area contributed by atoms with Gasteiger partial charge in [-0.05, 0) is 30.7 Å². The second-order valence-corrected chi connectivity index (χ2v) is 6.45.